The van der Waals surface area contributed by atoms with Crippen LogP contribution in [-0.4, -0.2) is 51.5 Å². The van der Waals surface area contributed by atoms with E-state index in [-0.39, 0.29) is 40.6 Å². The molecule has 2 aliphatic rings. The lowest BCUT2D eigenvalue weighted by molar-refractivity contribution is -0.0525. The van der Waals surface area contributed by atoms with E-state index in [1.165, 1.54) is 12.1 Å². The standard InChI is InChI=1S/C23H24ClF3N2O6S2/c1-36(32,33)28-11-23(31)13-3-4-14(23)8-16(7-13)37(34,35)20-6-12(2-5-17(20)24)22(30)29-15-9-18(25)21(27)19(26)10-15/h2,5-6,9-10,13-14,16,28,31H,3-4,7-8,11H2,1H3,(H,29,30)/t13-,14?,16?,23?/m0/s1. The molecule has 2 bridgehead atoms. The maximum Gasteiger partial charge on any atom is 0.255 e. The number of carbonyl (C=O) groups excluding carboxylic acids is 1. The van der Waals surface area contributed by atoms with Gasteiger partial charge in [0.25, 0.3) is 5.91 Å². The van der Waals surface area contributed by atoms with Gasteiger partial charge in [0.05, 0.1) is 27.0 Å². The number of sulfonamides is 1. The van der Waals surface area contributed by atoms with E-state index in [0.29, 0.717) is 25.0 Å². The number of sulfone groups is 1. The highest BCUT2D eigenvalue weighted by molar-refractivity contribution is 7.92. The molecule has 2 saturated carbocycles. The first kappa shape index (κ1) is 27.8. The number of amides is 1. The monoisotopic (exact) mass is 580 g/mol. The highest BCUT2D eigenvalue weighted by Gasteiger charge is 2.55. The van der Waals surface area contributed by atoms with Crippen molar-refractivity contribution in [2.45, 2.75) is 41.4 Å². The molecule has 0 aliphatic heterocycles. The molecule has 3 N–H and O–H groups in total. The predicted octanol–water partition coefficient (Wildman–Crippen LogP) is 3.25. The van der Waals surface area contributed by atoms with Crippen LogP contribution in [0.5, 0.6) is 0 Å². The third kappa shape index (κ3) is 5.51. The highest BCUT2D eigenvalue weighted by atomic mass is 35.5. The van der Waals surface area contributed by atoms with Crippen LogP contribution in [0.15, 0.2) is 35.2 Å². The van der Waals surface area contributed by atoms with Crippen molar-refractivity contribution in [3.63, 3.8) is 0 Å². The van der Waals surface area contributed by atoms with Crippen molar-refractivity contribution >= 4 is 43.1 Å². The Hall–Kier alpha value is -2.19. The predicted molar refractivity (Wildman–Crippen MR) is 130 cm³/mol. The van der Waals surface area contributed by atoms with Gasteiger partial charge in [0.15, 0.2) is 27.3 Å². The number of anilines is 1. The Bertz CT molecular complexity index is 1430. The first-order chi connectivity index (χ1) is 17.1. The Morgan fingerprint density at radius 1 is 1.05 bits per heavy atom. The first-order valence-corrected chi connectivity index (χ1v) is 15.1. The van der Waals surface area contributed by atoms with Crippen LogP contribution in [-0.2, 0) is 19.9 Å². The fraction of sp³-hybridized carbons (Fsp3) is 0.435. The van der Waals surface area contributed by atoms with Crippen molar-refractivity contribution < 1.29 is 39.9 Å². The van der Waals surface area contributed by atoms with E-state index in [2.05, 4.69) is 10.0 Å². The third-order valence-electron chi connectivity index (χ3n) is 7.17. The fourth-order valence-corrected chi connectivity index (χ4v) is 8.17. The summed E-state index contributed by atoms with van der Waals surface area (Å²) in [6.07, 6.45) is 2.17. The Morgan fingerprint density at radius 2 is 1.62 bits per heavy atom. The summed E-state index contributed by atoms with van der Waals surface area (Å²) < 4.78 is 92.7. The van der Waals surface area contributed by atoms with E-state index in [1.54, 1.807) is 0 Å². The summed E-state index contributed by atoms with van der Waals surface area (Å²) in [7, 11) is -7.65. The van der Waals surface area contributed by atoms with Gasteiger partial charge in [-0.05, 0) is 55.7 Å². The van der Waals surface area contributed by atoms with E-state index in [9.17, 15) is 39.9 Å². The van der Waals surface area contributed by atoms with Crippen molar-refractivity contribution in [1.29, 1.82) is 0 Å². The molecule has 2 fully saturated rings. The zero-order chi connectivity index (χ0) is 27.3. The molecule has 0 saturated heterocycles. The fourth-order valence-electron chi connectivity index (χ4n) is 5.27. The lowest BCUT2D eigenvalue weighted by Gasteiger charge is -2.42. The molecule has 3 unspecified atom stereocenters. The lowest BCUT2D eigenvalue weighted by Crippen LogP contribution is -2.54. The van der Waals surface area contributed by atoms with Crippen LogP contribution in [0, 0.1) is 29.3 Å². The number of halogens is 4. The number of nitrogens with one attached hydrogen (secondary N) is 2. The maximum atomic E-state index is 13.6. The van der Waals surface area contributed by atoms with Crippen molar-refractivity contribution in [1.82, 2.24) is 4.72 Å². The Balaban J connectivity index is 1.56. The van der Waals surface area contributed by atoms with Crippen LogP contribution >= 0.6 is 11.6 Å². The minimum atomic E-state index is -4.09. The molecule has 4 atom stereocenters. The molecule has 0 aromatic heterocycles. The number of hydrogen-bond donors (Lipinski definition) is 3. The van der Waals surface area contributed by atoms with Crippen LogP contribution in [0.4, 0.5) is 18.9 Å². The third-order valence-corrected chi connectivity index (χ3v) is 10.5. The molecule has 1 amide bonds. The largest absolute Gasteiger partial charge is 0.388 e. The van der Waals surface area contributed by atoms with E-state index in [1.807, 2.05) is 0 Å². The highest BCUT2D eigenvalue weighted by Crippen LogP contribution is 2.52. The zero-order valence-electron chi connectivity index (χ0n) is 19.5. The number of aliphatic hydroxyl groups is 1. The quantitative estimate of drug-likeness (QED) is 0.431. The second kappa shape index (κ2) is 9.84. The van der Waals surface area contributed by atoms with E-state index in [0.717, 1.165) is 12.3 Å². The van der Waals surface area contributed by atoms with Gasteiger partial charge in [-0.15, -0.1) is 0 Å². The Kier molecular flexibility index (Phi) is 7.40. The van der Waals surface area contributed by atoms with Crippen LogP contribution < -0.4 is 10.0 Å². The summed E-state index contributed by atoms with van der Waals surface area (Å²) in [6, 6.07) is 4.66. The number of benzene rings is 2. The van der Waals surface area contributed by atoms with Crippen molar-refractivity contribution in [2.75, 3.05) is 18.1 Å². The number of hydrogen-bond acceptors (Lipinski definition) is 6. The molecule has 14 heteroatoms. The normalized spacial score (nSPS) is 25.7. The molecule has 2 aromatic carbocycles. The summed E-state index contributed by atoms with van der Waals surface area (Å²) in [4.78, 5) is 12.3. The van der Waals surface area contributed by atoms with Crippen LogP contribution in [0.25, 0.3) is 0 Å². The van der Waals surface area contributed by atoms with Crippen LogP contribution in [0.3, 0.4) is 0 Å². The van der Waals surface area contributed by atoms with E-state index >= 15 is 0 Å². The number of carbonyl (C=O) groups is 1. The van der Waals surface area contributed by atoms with Gasteiger partial charge in [-0.2, -0.15) is 0 Å². The van der Waals surface area contributed by atoms with Gasteiger partial charge >= 0.3 is 0 Å². The minimum Gasteiger partial charge on any atom is -0.388 e. The van der Waals surface area contributed by atoms with Gasteiger partial charge in [0.1, 0.15) is 0 Å². The SMILES string of the molecule is CS(=O)(=O)NCC1(O)C2CC[C@H]1CC(S(=O)(=O)c1cc(C(=O)Nc3cc(F)c(F)c(F)c3)ccc1Cl)C2. The van der Waals surface area contributed by atoms with Gasteiger partial charge < -0.3 is 10.4 Å². The molecule has 0 radical (unpaired) electrons. The van der Waals surface area contributed by atoms with Crippen LogP contribution in [0.2, 0.25) is 5.02 Å². The molecular weight excluding hydrogens is 557 g/mol. The van der Waals surface area contributed by atoms with Gasteiger partial charge in [-0.25, -0.2) is 34.7 Å². The van der Waals surface area contributed by atoms with Gasteiger partial charge in [0.2, 0.25) is 10.0 Å². The first-order valence-electron chi connectivity index (χ1n) is 11.3. The van der Waals surface area contributed by atoms with Crippen molar-refractivity contribution in [2.24, 2.45) is 11.8 Å². The second-order valence-electron chi connectivity index (χ2n) is 9.55. The molecule has 2 aromatic rings. The molecule has 37 heavy (non-hydrogen) atoms. The second-order valence-corrected chi connectivity index (χ2v) is 14.0. The smallest absolute Gasteiger partial charge is 0.255 e. The molecule has 0 spiro atoms. The van der Waals surface area contributed by atoms with Crippen molar-refractivity contribution in [3.8, 4) is 0 Å². The molecule has 8 nitrogen and oxygen atoms in total. The summed E-state index contributed by atoms with van der Waals surface area (Å²) in [6.45, 7) is -0.213. The summed E-state index contributed by atoms with van der Waals surface area (Å²) >= 11 is 6.19. The number of fused-ring (bicyclic) bond motifs is 2. The Labute approximate surface area is 217 Å². The van der Waals surface area contributed by atoms with E-state index < -0.39 is 65.9 Å². The average Bonchev–Trinajstić information content (AvgIpc) is 2.97. The maximum absolute atomic E-state index is 13.6. The van der Waals surface area contributed by atoms with Gasteiger partial charge in [-0.3, -0.25) is 4.79 Å². The van der Waals surface area contributed by atoms with Crippen molar-refractivity contribution in [3.05, 3.63) is 58.4 Å². The van der Waals surface area contributed by atoms with Gasteiger partial charge in [-0.1, -0.05) is 11.6 Å². The average molecular weight is 581 g/mol. The lowest BCUT2D eigenvalue weighted by atomic mass is 9.74. The van der Waals surface area contributed by atoms with E-state index in [4.69, 9.17) is 11.6 Å². The summed E-state index contributed by atoms with van der Waals surface area (Å²) in [5, 5.41) is 12.3. The summed E-state index contributed by atoms with van der Waals surface area (Å²) in [5.41, 5.74) is -1.91. The molecule has 0 heterocycles. The molecule has 4 rings (SSSR count). The summed E-state index contributed by atoms with van der Waals surface area (Å²) in [5.74, 6) is -6.54. The molecule has 2 aliphatic carbocycles. The van der Waals surface area contributed by atoms with Gasteiger partial charge in [0, 0.05) is 29.9 Å². The number of rotatable bonds is 7. The molecular formula is C23H24ClF3N2O6S2. The zero-order valence-corrected chi connectivity index (χ0v) is 21.9. The minimum absolute atomic E-state index is 0.0711. The molecule has 202 valence electrons. The Morgan fingerprint density at radius 3 is 2.16 bits per heavy atom. The topological polar surface area (TPSA) is 130 Å². The van der Waals surface area contributed by atoms with Crippen LogP contribution in [0.1, 0.15) is 36.0 Å².